The van der Waals surface area contributed by atoms with Gasteiger partial charge in [0.2, 0.25) is 5.91 Å². The molecule has 4 heteroatoms. The van der Waals surface area contributed by atoms with Crippen LogP contribution in [0.1, 0.15) is 29.4 Å². The van der Waals surface area contributed by atoms with Gasteiger partial charge in [0.05, 0.1) is 18.6 Å². The number of carbonyl (C=O) groups excluding carboxylic acids is 1. The second-order valence-corrected chi connectivity index (χ2v) is 6.45. The molecule has 0 unspecified atom stereocenters. The molecule has 0 fully saturated rings. The zero-order valence-electron chi connectivity index (χ0n) is 13.6. The predicted molar refractivity (Wildman–Crippen MR) is 90.0 cm³/mol. The number of hydrogen-bond donors (Lipinski definition) is 1. The van der Waals surface area contributed by atoms with Gasteiger partial charge < -0.3 is 14.6 Å². The Hall–Kier alpha value is -2.49. The van der Waals surface area contributed by atoms with Gasteiger partial charge in [0, 0.05) is 23.1 Å². The molecule has 2 aliphatic rings. The van der Waals surface area contributed by atoms with E-state index >= 15 is 0 Å². The van der Waals surface area contributed by atoms with E-state index in [0.29, 0.717) is 0 Å². The van der Waals surface area contributed by atoms with Crippen LogP contribution in [0.2, 0.25) is 0 Å². The van der Waals surface area contributed by atoms with E-state index < -0.39 is 5.41 Å². The topological polar surface area (TPSA) is 43.3 Å². The number of methoxy groups -OCH3 is 1. The number of allylic oxidation sites excluding steroid dienone is 1. The highest BCUT2D eigenvalue weighted by Gasteiger charge is 2.49. The summed E-state index contributed by atoms with van der Waals surface area (Å²) in [6.45, 7) is 4.22. The molecule has 0 saturated carbocycles. The molecule has 2 aromatic rings. The van der Waals surface area contributed by atoms with Gasteiger partial charge in [0.1, 0.15) is 5.75 Å². The van der Waals surface area contributed by atoms with Crippen LogP contribution in [0.4, 0.5) is 5.69 Å². The molecule has 0 bridgehead atoms. The predicted octanol–water partition coefficient (Wildman–Crippen LogP) is 3.50. The molecule has 1 aliphatic heterocycles. The number of aromatic nitrogens is 1. The smallest absolute Gasteiger partial charge is 0.239 e. The summed E-state index contributed by atoms with van der Waals surface area (Å²) in [6.07, 6.45) is 5.00. The fourth-order valence-electron chi connectivity index (χ4n) is 3.99. The standard InChI is InChI=1S/C19H20N2O2/c1-12-4-5-13(2)21(12)14-8-9-19(11-14)16-7-6-15(23-3)10-17(16)20-18(19)22/h4-10,14H,11H2,1-3H3,(H,20,22)/t14-,19+/m1/s1. The highest BCUT2D eigenvalue weighted by Crippen LogP contribution is 2.49. The first kappa shape index (κ1) is 14.1. The maximum atomic E-state index is 12.7. The van der Waals surface area contributed by atoms with Crippen molar-refractivity contribution in [2.24, 2.45) is 0 Å². The van der Waals surface area contributed by atoms with Crippen molar-refractivity contribution in [1.29, 1.82) is 0 Å². The molecule has 2 heterocycles. The maximum absolute atomic E-state index is 12.7. The fraction of sp³-hybridized carbons (Fsp3) is 0.316. The van der Waals surface area contributed by atoms with Crippen LogP contribution in [-0.4, -0.2) is 17.6 Å². The molecule has 1 aromatic carbocycles. The van der Waals surface area contributed by atoms with E-state index in [1.54, 1.807) is 7.11 Å². The zero-order valence-corrected chi connectivity index (χ0v) is 13.6. The van der Waals surface area contributed by atoms with E-state index in [2.05, 4.69) is 48.0 Å². The summed E-state index contributed by atoms with van der Waals surface area (Å²) in [5.41, 5.74) is 3.80. The maximum Gasteiger partial charge on any atom is 0.239 e. The van der Waals surface area contributed by atoms with Gasteiger partial charge >= 0.3 is 0 Å². The first-order valence-electron chi connectivity index (χ1n) is 7.89. The number of rotatable bonds is 2. The number of hydrogen-bond acceptors (Lipinski definition) is 2. The lowest BCUT2D eigenvalue weighted by molar-refractivity contribution is -0.119. The number of nitrogens with one attached hydrogen (secondary N) is 1. The lowest BCUT2D eigenvalue weighted by Gasteiger charge is -2.23. The number of amides is 1. The Morgan fingerprint density at radius 2 is 1.96 bits per heavy atom. The Balaban J connectivity index is 1.75. The van der Waals surface area contributed by atoms with Crippen LogP contribution in [0.25, 0.3) is 0 Å². The highest BCUT2D eigenvalue weighted by atomic mass is 16.5. The number of fused-ring (bicyclic) bond motifs is 2. The molecule has 1 N–H and O–H groups in total. The van der Waals surface area contributed by atoms with Crippen molar-refractivity contribution in [2.75, 3.05) is 12.4 Å². The lowest BCUT2D eigenvalue weighted by atomic mass is 9.80. The number of ether oxygens (including phenoxy) is 1. The van der Waals surface area contributed by atoms with E-state index in [9.17, 15) is 4.79 Å². The summed E-state index contributed by atoms with van der Waals surface area (Å²) in [5, 5.41) is 3.02. The van der Waals surface area contributed by atoms with Crippen LogP contribution in [0, 0.1) is 13.8 Å². The van der Waals surface area contributed by atoms with E-state index in [-0.39, 0.29) is 11.9 Å². The fourth-order valence-corrected chi connectivity index (χ4v) is 3.99. The van der Waals surface area contributed by atoms with Crippen LogP contribution < -0.4 is 10.1 Å². The number of benzene rings is 1. The van der Waals surface area contributed by atoms with Crippen LogP contribution in [-0.2, 0) is 10.2 Å². The lowest BCUT2D eigenvalue weighted by Crippen LogP contribution is -2.31. The van der Waals surface area contributed by atoms with Crippen LogP contribution in [0.5, 0.6) is 5.75 Å². The largest absolute Gasteiger partial charge is 0.497 e. The van der Waals surface area contributed by atoms with Gasteiger partial charge in [0.15, 0.2) is 0 Å². The van der Waals surface area contributed by atoms with Crippen LogP contribution >= 0.6 is 0 Å². The Morgan fingerprint density at radius 3 is 2.65 bits per heavy atom. The van der Waals surface area contributed by atoms with Gasteiger partial charge in [-0.05, 0) is 44.0 Å². The second-order valence-electron chi connectivity index (χ2n) is 6.45. The van der Waals surface area contributed by atoms with Crippen LogP contribution in [0.15, 0.2) is 42.5 Å². The van der Waals surface area contributed by atoms with Gasteiger partial charge in [-0.25, -0.2) is 0 Å². The Labute approximate surface area is 135 Å². The van der Waals surface area contributed by atoms with E-state index in [1.807, 2.05) is 18.2 Å². The van der Waals surface area contributed by atoms with E-state index in [0.717, 1.165) is 23.4 Å². The summed E-state index contributed by atoms with van der Waals surface area (Å²) in [7, 11) is 1.64. The van der Waals surface area contributed by atoms with Gasteiger partial charge in [-0.15, -0.1) is 0 Å². The second kappa shape index (κ2) is 4.75. The Kier molecular flexibility index (Phi) is 2.92. The molecule has 1 amide bonds. The van der Waals surface area contributed by atoms with Crippen molar-refractivity contribution in [3.63, 3.8) is 0 Å². The molecule has 1 aromatic heterocycles. The van der Waals surface area contributed by atoms with Crippen molar-refractivity contribution in [3.05, 3.63) is 59.4 Å². The minimum atomic E-state index is -0.560. The number of nitrogens with zero attached hydrogens (tertiary/aromatic N) is 1. The van der Waals surface area contributed by atoms with Crippen molar-refractivity contribution in [3.8, 4) is 5.75 Å². The van der Waals surface area contributed by atoms with Crippen LogP contribution in [0.3, 0.4) is 0 Å². The molecule has 1 aliphatic carbocycles. The molecule has 4 rings (SSSR count). The van der Waals surface area contributed by atoms with Crippen molar-refractivity contribution < 1.29 is 9.53 Å². The van der Waals surface area contributed by atoms with E-state index in [1.165, 1.54) is 11.4 Å². The number of aryl methyl sites for hydroxylation is 2. The van der Waals surface area contributed by atoms with Crippen molar-refractivity contribution >= 4 is 11.6 Å². The minimum Gasteiger partial charge on any atom is -0.497 e. The van der Waals surface area contributed by atoms with Gasteiger partial charge in [0.25, 0.3) is 0 Å². The molecular formula is C19H20N2O2. The molecule has 0 saturated heterocycles. The number of carbonyl (C=O) groups is 1. The summed E-state index contributed by atoms with van der Waals surface area (Å²) in [5.74, 6) is 0.818. The third-order valence-electron chi connectivity index (χ3n) is 5.15. The highest BCUT2D eigenvalue weighted by molar-refractivity contribution is 6.08. The summed E-state index contributed by atoms with van der Waals surface area (Å²) < 4.78 is 7.57. The Morgan fingerprint density at radius 1 is 1.22 bits per heavy atom. The Bertz CT molecular complexity index is 814. The molecule has 2 atom stereocenters. The first-order chi connectivity index (χ1) is 11.0. The van der Waals surface area contributed by atoms with Gasteiger partial charge in [-0.3, -0.25) is 4.79 Å². The average Bonchev–Trinajstić information content (AvgIpc) is 3.18. The molecular weight excluding hydrogens is 288 g/mol. The SMILES string of the molecule is COc1ccc2c(c1)NC(=O)[C@]21C=C[C@@H](n2c(C)ccc2C)C1. The first-order valence-corrected chi connectivity index (χ1v) is 7.89. The minimum absolute atomic E-state index is 0.0574. The van der Waals surface area contributed by atoms with E-state index in [4.69, 9.17) is 4.74 Å². The third-order valence-corrected chi connectivity index (χ3v) is 5.15. The monoisotopic (exact) mass is 308 g/mol. The summed E-state index contributed by atoms with van der Waals surface area (Å²) in [6, 6.07) is 10.3. The molecule has 118 valence electrons. The molecule has 23 heavy (non-hydrogen) atoms. The summed E-state index contributed by atoms with van der Waals surface area (Å²) >= 11 is 0. The molecule has 4 nitrogen and oxygen atoms in total. The normalized spacial score (nSPS) is 25.0. The van der Waals surface area contributed by atoms with Gasteiger partial charge in [-0.2, -0.15) is 0 Å². The van der Waals surface area contributed by atoms with Crippen molar-refractivity contribution in [1.82, 2.24) is 4.57 Å². The quantitative estimate of drug-likeness (QED) is 0.863. The third kappa shape index (κ3) is 1.87. The van der Waals surface area contributed by atoms with Crippen molar-refractivity contribution in [2.45, 2.75) is 31.7 Å². The number of anilines is 1. The molecule has 1 spiro atoms. The van der Waals surface area contributed by atoms with Gasteiger partial charge in [-0.1, -0.05) is 18.2 Å². The summed E-state index contributed by atoms with van der Waals surface area (Å²) in [4.78, 5) is 12.7. The average molecular weight is 308 g/mol. The zero-order chi connectivity index (χ0) is 16.2. The molecule has 0 radical (unpaired) electrons.